The third-order valence-corrected chi connectivity index (χ3v) is 5.98. The molecule has 6 heteroatoms. The molecular formula is C23H19FN2O2S. The lowest BCUT2D eigenvalue weighted by Gasteiger charge is -2.24. The number of benzene rings is 3. The van der Waals surface area contributed by atoms with Gasteiger partial charge in [-0.2, -0.15) is 0 Å². The van der Waals surface area contributed by atoms with E-state index >= 15 is 0 Å². The molecule has 4 nitrogen and oxygen atoms in total. The van der Waals surface area contributed by atoms with E-state index < -0.39 is 0 Å². The second kappa shape index (κ2) is 8.49. The standard InChI is InChI=1S/C23H19FN2O2S/c24-19-10-12-20(13-11-19)25-22(28)17-6-8-18(9-7-17)23-26(21(27)15-29-23)14-16-4-2-1-3-5-16/h1-13,23H,14-15H2,(H,25,28). The Balaban J connectivity index is 1.47. The van der Waals surface area contributed by atoms with Crippen molar-refractivity contribution in [2.24, 2.45) is 0 Å². The van der Waals surface area contributed by atoms with Gasteiger partial charge in [0.05, 0.1) is 5.75 Å². The number of anilines is 1. The molecule has 4 rings (SSSR count). The van der Waals surface area contributed by atoms with Gasteiger partial charge in [0.15, 0.2) is 0 Å². The summed E-state index contributed by atoms with van der Waals surface area (Å²) < 4.78 is 13.0. The van der Waals surface area contributed by atoms with E-state index in [-0.39, 0.29) is 23.0 Å². The van der Waals surface area contributed by atoms with Crippen LogP contribution in [0, 0.1) is 5.82 Å². The molecule has 0 saturated carbocycles. The molecule has 1 N–H and O–H groups in total. The largest absolute Gasteiger partial charge is 0.322 e. The van der Waals surface area contributed by atoms with Crippen LogP contribution in [-0.2, 0) is 11.3 Å². The van der Waals surface area contributed by atoms with E-state index in [2.05, 4.69) is 5.32 Å². The van der Waals surface area contributed by atoms with Gasteiger partial charge >= 0.3 is 0 Å². The third-order valence-electron chi connectivity index (χ3n) is 4.72. The SMILES string of the molecule is O=C(Nc1ccc(F)cc1)c1ccc(C2SCC(=O)N2Cc2ccccc2)cc1. The van der Waals surface area contributed by atoms with Crippen molar-refractivity contribution in [2.75, 3.05) is 11.1 Å². The van der Waals surface area contributed by atoms with Gasteiger partial charge < -0.3 is 10.2 Å². The molecule has 1 aliphatic heterocycles. The van der Waals surface area contributed by atoms with E-state index in [1.165, 1.54) is 24.3 Å². The van der Waals surface area contributed by atoms with Crippen molar-refractivity contribution in [3.05, 3.63) is 101 Å². The number of halogens is 1. The number of hydrogen-bond donors (Lipinski definition) is 1. The Bertz CT molecular complexity index is 1010. The zero-order valence-corrected chi connectivity index (χ0v) is 16.4. The first-order valence-electron chi connectivity index (χ1n) is 9.22. The van der Waals surface area contributed by atoms with Crippen LogP contribution in [0.15, 0.2) is 78.9 Å². The molecule has 1 unspecified atom stereocenters. The number of carbonyl (C=O) groups excluding carboxylic acids is 2. The van der Waals surface area contributed by atoms with Crippen LogP contribution in [0.1, 0.15) is 26.9 Å². The summed E-state index contributed by atoms with van der Waals surface area (Å²) in [6.45, 7) is 0.560. The number of carbonyl (C=O) groups is 2. The first kappa shape index (κ1) is 19.2. The molecule has 0 aromatic heterocycles. The van der Waals surface area contributed by atoms with Gasteiger partial charge in [0.25, 0.3) is 5.91 Å². The van der Waals surface area contributed by atoms with E-state index in [9.17, 15) is 14.0 Å². The van der Waals surface area contributed by atoms with Crippen molar-refractivity contribution in [3.63, 3.8) is 0 Å². The number of amides is 2. The smallest absolute Gasteiger partial charge is 0.255 e. The van der Waals surface area contributed by atoms with Crippen molar-refractivity contribution in [1.82, 2.24) is 4.90 Å². The molecule has 0 aliphatic carbocycles. The van der Waals surface area contributed by atoms with Gasteiger partial charge in [-0.1, -0.05) is 42.5 Å². The molecule has 2 amide bonds. The van der Waals surface area contributed by atoms with Gasteiger partial charge in [0, 0.05) is 17.8 Å². The third kappa shape index (κ3) is 4.49. The number of nitrogens with one attached hydrogen (secondary N) is 1. The van der Waals surface area contributed by atoms with Crippen LogP contribution in [0.3, 0.4) is 0 Å². The highest BCUT2D eigenvalue weighted by molar-refractivity contribution is 8.00. The van der Waals surface area contributed by atoms with Crippen LogP contribution in [0.5, 0.6) is 0 Å². The number of thioether (sulfide) groups is 1. The predicted molar refractivity (Wildman–Crippen MR) is 113 cm³/mol. The van der Waals surface area contributed by atoms with Gasteiger partial charge in [-0.3, -0.25) is 9.59 Å². The summed E-state index contributed by atoms with van der Waals surface area (Å²) in [4.78, 5) is 26.7. The Morgan fingerprint density at radius 3 is 2.38 bits per heavy atom. The minimum absolute atomic E-state index is 0.0723. The molecule has 1 saturated heterocycles. The zero-order valence-electron chi connectivity index (χ0n) is 15.5. The lowest BCUT2D eigenvalue weighted by Crippen LogP contribution is -2.27. The molecule has 3 aromatic carbocycles. The Kier molecular flexibility index (Phi) is 5.62. The Hall–Kier alpha value is -3.12. The van der Waals surface area contributed by atoms with Gasteiger partial charge in [-0.05, 0) is 47.5 Å². The van der Waals surface area contributed by atoms with Crippen LogP contribution < -0.4 is 5.32 Å². The number of nitrogens with zero attached hydrogens (tertiary/aromatic N) is 1. The summed E-state index contributed by atoms with van der Waals surface area (Å²) in [5.74, 6) is -0.0536. The molecular weight excluding hydrogens is 387 g/mol. The molecule has 1 aliphatic rings. The van der Waals surface area contributed by atoms with Crippen LogP contribution in [-0.4, -0.2) is 22.5 Å². The Morgan fingerprint density at radius 1 is 1.00 bits per heavy atom. The highest BCUT2D eigenvalue weighted by Crippen LogP contribution is 2.39. The fraction of sp³-hybridized carbons (Fsp3) is 0.130. The van der Waals surface area contributed by atoms with Gasteiger partial charge in [-0.25, -0.2) is 4.39 Å². The lowest BCUT2D eigenvalue weighted by atomic mass is 10.1. The number of rotatable bonds is 5. The van der Waals surface area contributed by atoms with Crippen LogP contribution >= 0.6 is 11.8 Å². The second-order valence-electron chi connectivity index (χ2n) is 6.75. The van der Waals surface area contributed by atoms with Crippen molar-refractivity contribution < 1.29 is 14.0 Å². The van der Waals surface area contributed by atoms with Crippen LogP contribution in [0.4, 0.5) is 10.1 Å². The lowest BCUT2D eigenvalue weighted by molar-refractivity contribution is -0.128. The minimum atomic E-state index is -0.351. The summed E-state index contributed by atoms with van der Waals surface area (Å²) in [7, 11) is 0. The number of hydrogen-bond acceptors (Lipinski definition) is 3. The van der Waals surface area contributed by atoms with E-state index in [0.29, 0.717) is 23.5 Å². The van der Waals surface area contributed by atoms with Gasteiger partial charge in [0.1, 0.15) is 11.2 Å². The zero-order chi connectivity index (χ0) is 20.2. The van der Waals surface area contributed by atoms with Gasteiger partial charge in [-0.15, -0.1) is 11.8 Å². The van der Waals surface area contributed by atoms with E-state index in [1.54, 1.807) is 23.9 Å². The van der Waals surface area contributed by atoms with E-state index in [0.717, 1.165) is 11.1 Å². The second-order valence-corrected chi connectivity index (χ2v) is 7.82. The molecule has 1 atom stereocenters. The first-order chi connectivity index (χ1) is 14.1. The van der Waals surface area contributed by atoms with E-state index in [1.807, 2.05) is 47.4 Å². The van der Waals surface area contributed by atoms with Crippen molar-refractivity contribution in [2.45, 2.75) is 11.9 Å². The summed E-state index contributed by atoms with van der Waals surface area (Å²) in [6, 6.07) is 22.8. The highest BCUT2D eigenvalue weighted by atomic mass is 32.2. The van der Waals surface area contributed by atoms with E-state index in [4.69, 9.17) is 0 Å². The maximum atomic E-state index is 13.0. The highest BCUT2D eigenvalue weighted by Gasteiger charge is 2.32. The van der Waals surface area contributed by atoms with Gasteiger partial charge in [0.2, 0.25) is 5.91 Å². The van der Waals surface area contributed by atoms with Crippen molar-refractivity contribution in [1.29, 1.82) is 0 Å². The first-order valence-corrected chi connectivity index (χ1v) is 10.3. The molecule has 29 heavy (non-hydrogen) atoms. The maximum Gasteiger partial charge on any atom is 0.255 e. The summed E-state index contributed by atoms with van der Waals surface area (Å²) >= 11 is 1.59. The average molecular weight is 406 g/mol. The maximum absolute atomic E-state index is 13.0. The summed E-state index contributed by atoms with van der Waals surface area (Å²) in [5.41, 5.74) is 3.10. The molecule has 0 radical (unpaired) electrons. The molecule has 146 valence electrons. The quantitative estimate of drug-likeness (QED) is 0.659. The summed E-state index contributed by atoms with van der Waals surface area (Å²) in [5, 5.41) is 2.68. The fourth-order valence-corrected chi connectivity index (χ4v) is 4.40. The molecule has 1 fully saturated rings. The monoisotopic (exact) mass is 406 g/mol. The molecule has 0 bridgehead atoms. The minimum Gasteiger partial charge on any atom is -0.322 e. The Morgan fingerprint density at radius 2 is 1.69 bits per heavy atom. The predicted octanol–water partition coefficient (Wildman–Crippen LogP) is 4.85. The molecule has 0 spiro atoms. The average Bonchev–Trinajstić information content (AvgIpc) is 3.11. The van der Waals surface area contributed by atoms with Crippen LogP contribution in [0.2, 0.25) is 0 Å². The molecule has 1 heterocycles. The Labute approximate surface area is 172 Å². The van der Waals surface area contributed by atoms with Crippen LogP contribution in [0.25, 0.3) is 0 Å². The topological polar surface area (TPSA) is 49.4 Å². The van der Waals surface area contributed by atoms with Crippen molar-refractivity contribution >= 4 is 29.3 Å². The summed E-state index contributed by atoms with van der Waals surface area (Å²) in [6.07, 6.45) is 0. The molecule has 3 aromatic rings. The normalized spacial score (nSPS) is 16.1. The fourth-order valence-electron chi connectivity index (χ4n) is 3.22. The van der Waals surface area contributed by atoms with Crippen molar-refractivity contribution in [3.8, 4) is 0 Å².